The van der Waals surface area contributed by atoms with E-state index in [4.69, 9.17) is 16.3 Å². The average Bonchev–Trinajstić information content (AvgIpc) is 3.57. The molecule has 1 heterocycles. The van der Waals surface area contributed by atoms with Gasteiger partial charge in [-0.05, 0) is 60.3 Å². The van der Waals surface area contributed by atoms with E-state index in [9.17, 15) is 5.11 Å². The van der Waals surface area contributed by atoms with Gasteiger partial charge in [-0.25, -0.2) is 4.98 Å². The third-order valence-corrected chi connectivity index (χ3v) is 5.54. The fraction of sp³-hybridized carbons (Fsp3) is 0.542. The van der Waals surface area contributed by atoms with E-state index in [0.717, 1.165) is 24.0 Å². The van der Waals surface area contributed by atoms with E-state index in [1.54, 1.807) is 0 Å². The number of pyridine rings is 1. The lowest BCUT2D eigenvalue weighted by Gasteiger charge is -2.18. The number of ether oxygens (including phenoxy) is 1. The van der Waals surface area contributed by atoms with Gasteiger partial charge >= 0.3 is 0 Å². The Hall–Kier alpha value is -1.58. The molecule has 1 aromatic carbocycles. The molecule has 0 spiro atoms. The van der Waals surface area contributed by atoms with Gasteiger partial charge in [-0.3, -0.25) is 0 Å². The van der Waals surface area contributed by atoms with E-state index in [1.807, 2.05) is 19.9 Å². The first-order valence-corrected chi connectivity index (χ1v) is 11.0. The quantitative estimate of drug-likeness (QED) is 0.493. The smallest absolute Gasteiger partial charge is 0.172 e. The van der Waals surface area contributed by atoms with Crippen molar-refractivity contribution in [2.75, 3.05) is 6.61 Å². The Morgan fingerprint density at radius 1 is 1.21 bits per heavy atom. The van der Waals surface area contributed by atoms with Gasteiger partial charge in [0.1, 0.15) is 0 Å². The summed E-state index contributed by atoms with van der Waals surface area (Å²) in [4.78, 5) is 4.27. The van der Waals surface area contributed by atoms with Crippen molar-refractivity contribution in [2.45, 2.75) is 72.8 Å². The zero-order valence-electron chi connectivity index (χ0n) is 17.9. The first kappa shape index (κ1) is 22.7. The van der Waals surface area contributed by atoms with Gasteiger partial charge in [0.2, 0.25) is 0 Å². The van der Waals surface area contributed by atoms with E-state index in [1.165, 1.54) is 24.0 Å². The molecule has 1 atom stereocenters. The van der Waals surface area contributed by atoms with Crippen LogP contribution in [0.1, 0.15) is 76.6 Å². The highest BCUT2D eigenvalue weighted by Gasteiger charge is 2.24. The van der Waals surface area contributed by atoms with Gasteiger partial charge in [-0.2, -0.15) is 0 Å². The fourth-order valence-corrected chi connectivity index (χ4v) is 3.50. The van der Waals surface area contributed by atoms with Crippen molar-refractivity contribution in [3.8, 4) is 16.9 Å². The standard InChI is InChI=1S/C22H28ClNO2.C2H6/c1-4-14(3)19-10-17(9-8-16(19)5-2)20-11-18(12-25)24-22(23)21(20)26-13-15-6-7-15;1-2/h8-11,14-15,25H,4-7,12-13H2,1-3H3;1-2H3. The number of aliphatic hydroxyl groups excluding tert-OH is 1. The molecule has 28 heavy (non-hydrogen) atoms. The molecule has 1 unspecified atom stereocenters. The summed E-state index contributed by atoms with van der Waals surface area (Å²) in [6, 6.07) is 8.48. The van der Waals surface area contributed by atoms with Gasteiger partial charge in [0.15, 0.2) is 10.9 Å². The van der Waals surface area contributed by atoms with Crippen molar-refractivity contribution in [1.82, 2.24) is 4.98 Å². The molecular weight excluding hydrogens is 370 g/mol. The molecule has 3 nitrogen and oxygen atoms in total. The summed E-state index contributed by atoms with van der Waals surface area (Å²) in [5, 5.41) is 9.88. The average molecular weight is 404 g/mol. The summed E-state index contributed by atoms with van der Waals surface area (Å²) in [6.07, 6.45) is 4.56. The van der Waals surface area contributed by atoms with Crippen LogP contribution in [0.25, 0.3) is 11.1 Å². The zero-order valence-corrected chi connectivity index (χ0v) is 18.6. The van der Waals surface area contributed by atoms with Crippen molar-refractivity contribution >= 4 is 11.6 Å². The Kier molecular flexibility index (Phi) is 8.78. The number of nitrogens with zero attached hydrogens (tertiary/aromatic N) is 1. The Morgan fingerprint density at radius 3 is 2.50 bits per heavy atom. The van der Waals surface area contributed by atoms with Crippen molar-refractivity contribution in [3.63, 3.8) is 0 Å². The summed E-state index contributed by atoms with van der Waals surface area (Å²) in [6.45, 7) is 11.2. The monoisotopic (exact) mass is 403 g/mol. The number of benzene rings is 1. The van der Waals surface area contributed by atoms with Gasteiger partial charge in [0.05, 0.1) is 18.9 Å². The highest BCUT2D eigenvalue weighted by atomic mass is 35.5. The molecule has 1 fully saturated rings. The molecule has 1 N–H and O–H groups in total. The van der Waals surface area contributed by atoms with Crippen LogP contribution in [0, 0.1) is 5.92 Å². The van der Waals surface area contributed by atoms with E-state index in [0.29, 0.717) is 35.0 Å². The number of halogens is 1. The molecule has 1 aliphatic rings. The first-order valence-electron chi connectivity index (χ1n) is 10.6. The van der Waals surface area contributed by atoms with Crippen LogP contribution in [0.4, 0.5) is 0 Å². The van der Waals surface area contributed by atoms with E-state index in [-0.39, 0.29) is 6.61 Å². The minimum atomic E-state index is -0.138. The predicted octanol–water partition coefficient (Wildman–Crippen LogP) is 6.79. The predicted molar refractivity (Wildman–Crippen MR) is 118 cm³/mol. The summed E-state index contributed by atoms with van der Waals surface area (Å²) in [5.74, 6) is 1.76. The lowest BCUT2D eigenvalue weighted by atomic mass is 9.89. The molecule has 0 amide bonds. The maximum atomic E-state index is 9.55. The largest absolute Gasteiger partial charge is 0.489 e. The number of aryl methyl sites for hydroxylation is 1. The minimum absolute atomic E-state index is 0.138. The molecular formula is C24H34ClNO2. The van der Waals surface area contributed by atoms with Crippen molar-refractivity contribution in [1.29, 1.82) is 0 Å². The normalized spacial score (nSPS) is 14.2. The Morgan fingerprint density at radius 2 is 1.93 bits per heavy atom. The lowest BCUT2D eigenvalue weighted by molar-refractivity contribution is 0.275. The van der Waals surface area contributed by atoms with Crippen LogP contribution >= 0.6 is 11.6 Å². The summed E-state index contributed by atoms with van der Waals surface area (Å²) >= 11 is 6.41. The highest BCUT2D eigenvalue weighted by molar-refractivity contribution is 6.31. The SMILES string of the molecule is CC.CCc1ccc(-c2cc(CO)nc(Cl)c2OCC2CC2)cc1C(C)CC. The Balaban J connectivity index is 0.00000136. The number of hydrogen-bond donors (Lipinski definition) is 1. The number of aliphatic hydroxyl groups is 1. The maximum Gasteiger partial charge on any atom is 0.172 e. The van der Waals surface area contributed by atoms with Crippen molar-refractivity contribution in [2.24, 2.45) is 5.92 Å². The third kappa shape index (κ3) is 5.48. The van der Waals surface area contributed by atoms with E-state index in [2.05, 4.69) is 44.0 Å². The second kappa shape index (κ2) is 10.8. The minimum Gasteiger partial charge on any atom is -0.489 e. The summed E-state index contributed by atoms with van der Waals surface area (Å²) in [7, 11) is 0. The fourth-order valence-electron chi connectivity index (χ4n) is 3.23. The van der Waals surface area contributed by atoms with Crippen LogP contribution in [-0.4, -0.2) is 16.7 Å². The van der Waals surface area contributed by atoms with Gasteiger partial charge in [0.25, 0.3) is 0 Å². The topological polar surface area (TPSA) is 42.4 Å². The summed E-state index contributed by atoms with van der Waals surface area (Å²) < 4.78 is 6.05. The lowest BCUT2D eigenvalue weighted by Crippen LogP contribution is -2.04. The number of rotatable bonds is 8. The second-order valence-corrected chi connectivity index (χ2v) is 7.63. The third-order valence-electron chi connectivity index (χ3n) is 5.29. The summed E-state index contributed by atoms with van der Waals surface area (Å²) in [5.41, 5.74) is 5.31. The first-order chi connectivity index (χ1) is 13.6. The molecule has 1 saturated carbocycles. The Bertz CT molecular complexity index is 771. The molecule has 2 aromatic rings. The van der Waals surface area contributed by atoms with Crippen LogP contribution < -0.4 is 4.74 Å². The number of aromatic nitrogens is 1. The van der Waals surface area contributed by atoms with Gasteiger partial charge in [-0.15, -0.1) is 0 Å². The molecule has 0 saturated heterocycles. The zero-order chi connectivity index (χ0) is 20.7. The van der Waals surface area contributed by atoms with Crippen molar-refractivity contribution in [3.05, 3.63) is 46.2 Å². The molecule has 1 aliphatic carbocycles. The Labute approximate surface area is 175 Å². The molecule has 0 aliphatic heterocycles. The van der Waals surface area contributed by atoms with E-state index < -0.39 is 0 Å². The van der Waals surface area contributed by atoms with Crippen LogP contribution in [0.5, 0.6) is 5.75 Å². The molecule has 0 radical (unpaired) electrons. The van der Waals surface area contributed by atoms with Crippen LogP contribution in [-0.2, 0) is 13.0 Å². The molecule has 1 aromatic heterocycles. The molecule has 4 heteroatoms. The van der Waals surface area contributed by atoms with Crippen LogP contribution in [0.15, 0.2) is 24.3 Å². The highest BCUT2D eigenvalue weighted by Crippen LogP contribution is 2.39. The second-order valence-electron chi connectivity index (χ2n) is 7.27. The molecule has 0 bridgehead atoms. The molecule has 154 valence electrons. The van der Waals surface area contributed by atoms with Gasteiger partial charge < -0.3 is 9.84 Å². The van der Waals surface area contributed by atoms with Crippen LogP contribution in [0.3, 0.4) is 0 Å². The van der Waals surface area contributed by atoms with E-state index >= 15 is 0 Å². The van der Waals surface area contributed by atoms with Gasteiger partial charge in [-0.1, -0.05) is 64.4 Å². The molecule has 3 rings (SSSR count). The van der Waals surface area contributed by atoms with Crippen LogP contribution in [0.2, 0.25) is 5.15 Å². The van der Waals surface area contributed by atoms with Gasteiger partial charge in [0, 0.05) is 5.56 Å². The number of hydrogen-bond acceptors (Lipinski definition) is 3. The maximum absolute atomic E-state index is 9.55. The van der Waals surface area contributed by atoms with Crippen molar-refractivity contribution < 1.29 is 9.84 Å².